The zero-order chi connectivity index (χ0) is 85.3. The highest BCUT2D eigenvalue weighted by Crippen LogP contribution is 2.45. The number of alkyl halides is 1. The molecule has 0 spiro atoms. The molecule has 4 fully saturated rings. The number of benzene rings is 15. The summed E-state index contributed by atoms with van der Waals surface area (Å²) in [6.45, 7) is 32.9. The minimum atomic E-state index is -1.00. The molecule has 16 heteroatoms. The molecule has 0 N–H and O–H groups in total. The van der Waals surface area contributed by atoms with Gasteiger partial charge in [0.25, 0.3) is 0 Å². The average molecular weight is 1680 g/mol. The summed E-state index contributed by atoms with van der Waals surface area (Å²) in [5.41, 5.74) is 11.7. The predicted molar refractivity (Wildman–Crippen MR) is 506 cm³/mol. The van der Waals surface area contributed by atoms with Crippen LogP contribution in [0.2, 0.25) is 10.0 Å². The third-order valence-corrected chi connectivity index (χ3v) is 25.7. The molecule has 0 amide bonds. The maximum absolute atomic E-state index is 9.96. The SMILES string of the molecule is CC1(C)OB(B2OC(C)(C)C(C)(C)O2)OC1(C)C.CC1(C)OB(c2ccc3cc(-c4ccc5cc(-c6ccccc6)ccc5c4)ccc3c2)OC1(C)C.CC1(C)OB(c2ccc3cc(-c4ccccc4)ccc3c2)OC1(C)C.Clc1ccc2cc(-c3ccc4cc(-c5ccccc5)ccc4c3)ccc2c1.Clc1ccc2cc(Br)ccc2c1.[2H]CF. The lowest BCUT2D eigenvalue weighted by Crippen LogP contribution is -2.41. The van der Waals surface area contributed by atoms with E-state index in [0.29, 0.717) is 0 Å². The van der Waals surface area contributed by atoms with Gasteiger partial charge in [0.05, 0.1) is 53.3 Å². The van der Waals surface area contributed by atoms with Crippen LogP contribution in [0.3, 0.4) is 0 Å². The van der Waals surface area contributed by atoms with Crippen LogP contribution in [-0.2, 0) is 37.2 Å². The largest absolute Gasteiger partial charge is 0.494 e. The molecule has 0 radical (unpaired) electrons. The van der Waals surface area contributed by atoms with Crippen molar-refractivity contribution in [1.29, 1.82) is 0 Å². The van der Waals surface area contributed by atoms with Crippen molar-refractivity contribution in [1.82, 2.24) is 0 Å². The van der Waals surface area contributed by atoms with E-state index in [4.69, 9.17) is 61.8 Å². The number of rotatable bonds is 8. The second-order valence-corrected chi connectivity index (χ2v) is 36.9. The Bertz CT molecular complexity index is 6050. The summed E-state index contributed by atoms with van der Waals surface area (Å²) in [5, 5.41) is 16.1. The van der Waals surface area contributed by atoms with E-state index < -0.39 is 21.2 Å². The van der Waals surface area contributed by atoms with Gasteiger partial charge in [-0.15, -0.1) is 0 Å². The van der Waals surface area contributed by atoms with Gasteiger partial charge in [0.15, 0.2) is 0 Å². The van der Waals surface area contributed by atoms with Crippen molar-refractivity contribution in [3.63, 3.8) is 0 Å². The molecule has 0 aliphatic carbocycles. The Labute approximate surface area is 723 Å². The molecule has 4 heterocycles. The summed E-state index contributed by atoms with van der Waals surface area (Å²) in [5.74, 6) is 0. The Balaban J connectivity index is 0.000000126. The maximum Gasteiger partial charge on any atom is 0.494 e. The Morgan fingerprint density at radius 3 is 0.689 bits per heavy atom. The highest BCUT2D eigenvalue weighted by atomic mass is 79.9. The van der Waals surface area contributed by atoms with E-state index in [1.165, 1.54) is 120 Å². The first kappa shape index (κ1) is 84.8. The van der Waals surface area contributed by atoms with Crippen molar-refractivity contribution in [3.8, 4) is 55.6 Å². The Morgan fingerprint density at radius 2 is 0.429 bits per heavy atom. The Morgan fingerprint density at radius 1 is 0.235 bits per heavy atom. The van der Waals surface area contributed by atoms with E-state index in [1.807, 2.05) is 110 Å². The maximum atomic E-state index is 9.96. The lowest BCUT2D eigenvalue weighted by atomic mass is 9.49. The van der Waals surface area contributed by atoms with Gasteiger partial charge < -0.3 is 37.2 Å². The standard InChI is InChI=1S/C32H29BO2.C26H17Cl.C22H23BO2.C12H24B2O4.C10H6BrCl.CH3F/c1-31(2)32(3,4)35-33(34-31)30-17-16-28-20-27(14-15-29(28)21-30)26-13-12-24-18-23(10-11-25(24)19-26)22-8-6-5-7-9-22;27-26-13-12-24-16-23(10-11-25(24)17-26)22-9-8-20-14-19(6-7-21(20)15-22)18-4-2-1-3-5-18;1-21(2)22(3,4)25-23(24-21)20-13-12-18-14-17(10-11-19(18)15-20)16-8-6-5-7-9-16;1-9(2)10(3,4)16-13(15-9)14-17-11(5,6)12(7,8)18-14;11-9-3-1-8-6-10(12)4-2-7(8)5-9;1-2/h5-21H,1-4H3;1-17H;5-15H,1-4H3;1-8H3;1-6H;1H3/i;;;;;1D. The fourth-order valence-corrected chi connectivity index (χ4v) is 15.6. The van der Waals surface area contributed by atoms with Crippen LogP contribution >= 0.6 is 39.1 Å². The molecule has 4 aliphatic rings. The highest BCUT2D eigenvalue weighted by Gasteiger charge is 2.64. The summed E-state index contributed by atoms with van der Waals surface area (Å²) in [6, 6.07) is 109. The second-order valence-electron chi connectivity index (χ2n) is 35.1. The number of hydrogen-bond acceptors (Lipinski definition) is 8. The molecule has 4 aliphatic heterocycles. The van der Waals surface area contributed by atoms with Crippen LogP contribution in [0, 0.1) is 0 Å². The van der Waals surface area contributed by atoms with Gasteiger partial charge in [0, 0.05) is 14.5 Å². The second kappa shape index (κ2) is 34.7. The monoisotopic (exact) mass is 1680 g/mol. The van der Waals surface area contributed by atoms with Crippen LogP contribution < -0.4 is 10.9 Å². The predicted octanol–water partition coefficient (Wildman–Crippen LogP) is 27.5. The van der Waals surface area contributed by atoms with Gasteiger partial charge in [-0.05, 0) is 321 Å². The summed E-state index contributed by atoms with van der Waals surface area (Å²) in [7, 11) is -2.61. The van der Waals surface area contributed by atoms with E-state index in [9.17, 15) is 4.39 Å². The molecule has 0 saturated carbocycles. The van der Waals surface area contributed by atoms with E-state index in [2.05, 4.69) is 326 Å². The molecule has 0 unspecified atom stereocenters. The molecule has 0 atom stereocenters. The van der Waals surface area contributed by atoms with Gasteiger partial charge >= 0.3 is 28.3 Å². The van der Waals surface area contributed by atoms with Crippen LogP contribution in [0.25, 0.3) is 120 Å². The molecular weight excluding hydrogens is 1580 g/mol. The van der Waals surface area contributed by atoms with E-state index >= 15 is 0 Å². The third kappa shape index (κ3) is 19.1. The molecule has 0 bridgehead atoms. The van der Waals surface area contributed by atoms with E-state index in [1.54, 1.807) is 0 Å². The minimum absolute atomic E-state index is 0.316. The first-order chi connectivity index (χ1) is 57.0. The van der Waals surface area contributed by atoms with Gasteiger partial charge in [0.2, 0.25) is 0 Å². The van der Waals surface area contributed by atoms with Crippen molar-refractivity contribution in [2.45, 2.75) is 156 Å². The minimum Gasteiger partial charge on any atom is -0.405 e. The van der Waals surface area contributed by atoms with Crippen molar-refractivity contribution in [2.75, 3.05) is 7.15 Å². The van der Waals surface area contributed by atoms with Crippen molar-refractivity contribution in [3.05, 3.63) is 324 Å². The van der Waals surface area contributed by atoms with Crippen LogP contribution in [0.15, 0.2) is 314 Å². The van der Waals surface area contributed by atoms with Crippen LogP contribution in [0.4, 0.5) is 4.39 Å². The summed E-state index contributed by atoms with van der Waals surface area (Å²) >= 11 is 15.4. The lowest BCUT2D eigenvalue weighted by Gasteiger charge is -2.32. The number of halogens is 4. The van der Waals surface area contributed by atoms with Crippen LogP contribution in [0.5, 0.6) is 0 Å². The first-order valence-electron chi connectivity index (χ1n) is 41.3. The molecule has 15 aromatic rings. The van der Waals surface area contributed by atoms with Gasteiger partial charge in [-0.3, -0.25) is 4.39 Å². The van der Waals surface area contributed by atoms with Crippen LogP contribution in [-0.4, -0.2) is 80.2 Å². The summed E-state index contributed by atoms with van der Waals surface area (Å²) in [4.78, 5) is 0. The molecule has 19 rings (SSSR count). The molecule has 0 aromatic heterocycles. The average Bonchev–Trinajstić information content (AvgIpc) is 1.62. The van der Waals surface area contributed by atoms with Gasteiger partial charge in [0.1, 0.15) is 0 Å². The van der Waals surface area contributed by atoms with Crippen LogP contribution in [0.1, 0.15) is 112 Å². The quantitative estimate of drug-likeness (QED) is 0.139. The number of fused-ring (bicyclic) bond motifs is 6. The van der Waals surface area contributed by atoms with Gasteiger partial charge in [-0.2, -0.15) is 0 Å². The lowest BCUT2D eigenvalue weighted by molar-refractivity contribution is 0.00578. The fourth-order valence-electron chi connectivity index (χ4n) is 14.8. The smallest absolute Gasteiger partial charge is 0.405 e. The molecule has 4 saturated heterocycles. The molecular formula is C103H102B4BrCl2FO8. The van der Waals surface area contributed by atoms with Crippen molar-refractivity contribution < 1.29 is 43.0 Å². The molecule has 119 heavy (non-hydrogen) atoms. The van der Waals surface area contributed by atoms with E-state index in [0.717, 1.165) is 25.4 Å². The zero-order valence-electron chi connectivity index (χ0n) is 71.7. The van der Waals surface area contributed by atoms with E-state index in [-0.39, 0.29) is 59.0 Å². The van der Waals surface area contributed by atoms with Crippen molar-refractivity contribution >= 4 is 143 Å². The third-order valence-electron chi connectivity index (χ3n) is 24.8. The molecule has 15 aromatic carbocycles. The summed E-state index contributed by atoms with van der Waals surface area (Å²) in [6.07, 6.45) is 0. The Hall–Kier alpha value is -9.21. The van der Waals surface area contributed by atoms with Gasteiger partial charge in [-0.25, -0.2) is 0 Å². The van der Waals surface area contributed by atoms with Crippen molar-refractivity contribution in [2.24, 2.45) is 0 Å². The fraction of sp³-hybridized carbons (Fsp3) is 0.243. The first-order valence-corrected chi connectivity index (χ1v) is 42.2. The number of hydrogen-bond donors (Lipinski definition) is 0. The topological polar surface area (TPSA) is 73.8 Å². The molecule has 8 nitrogen and oxygen atoms in total. The molecule has 602 valence electrons. The Kier molecular flexibility index (Phi) is 24.7. The zero-order valence-corrected chi connectivity index (χ0v) is 73.8. The van der Waals surface area contributed by atoms with Gasteiger partial charge in [-0.1, -0.05) is 270 Å². The normalized spacial score (nSPS) is 17.4. The summed E-state index contributed by atoms with van der Waals surface area (Å²) < 4.78 is 65.3. The highest BCUT2D eigenvalue weighted by molar-refractivity contribution is 9.10.